The molecule has 0 spiro atoms. The van der Waals surface area contributed by atoms with Gasteiger partial charge in [-0.15, -0.1) is 0 Å². The molecule has 0 aliphatic heterocycles. The highest BCUT2D eigenvalue weighted by Crippen LogP contribution is 2.22. The summed E-state index contributed by atoms with van der Waals surface area (Å²) in [5.41, 5.74) is 2.23. The SMILES string of the molecule is CCCOc1ccc2c(c1)nc(CCNCC)n2CC. The molecule has 0 aliphatic rings. The minimum atomic E-state index is 0.757. The molecule has 0 saturated carbocycles. The lowest BCUT2D eigenvalue weighted by molar-refractivity contribution is 0.318. The van der Waals surface area contributed by atoms with Crippen LogP contribution in [0.1, 0.15) is 33.0 Å². The van der Waals surface area contributed by atoms with Crippen LogP contribution in [0, 0.1) is 0 Å². The van der Waals surface area contributed by atoms with Crippen LogP contribution in [0.15, 0.2) is 18.2 Å². The predicted octanol–water partition coefficient (Wildman–Crippen LogP) is 3.00. The van der Waals surface area contributed by atoms with Crippen molar-refractivity contribution in [3.05, 3.63) is 24.0 Å². The number of fused-ring (bicyclic) bond motifs is 1. The number of hydrogen-bond acceptors (Lipinski definition) is 3. The average molecular weight is 275 g/mol. The molecule has 0 amide bonds. The smallest absolute Gasteiger partial charge is 0.121 e. The molecule has 0 unspecified atom stereocenters. The summed E-state index contributed by atoms with van der Waals surface area (Å²) < 4.78 is 7.97. The van der Waals surface area contributed by atoms with E-state index in [1.807, 2.05) is 12.1 Å². The van der Waals surface area contributed by atoms with Crippen LogP contribution in [0.3, 0.4) is 0 Å². The lowest BCUT2D eigenvalue weighted by Crippen LogP contribution is -2.18. The molecule has 1 aromatic heterocycles. The Hall–Kier alpha value is -1.55. The second-order valence-electron chi connectivity index (χ2n) is 4.87. The van der Waals surface area contributed by atoms with Gasteiger partial charge in [-0.1, -0.05) is 13.8 Å². The molecule has 1 heterocycles. The van der Waals surface area contributed by atoms with E-state index in [1.54, 1.807) is 0 Å². The molecule has 110 valence electrons. The lowest BCUT2D eigenvalue weighted by atomic mass is 10.3. The summed E-state index contributed by atoms with van der Waals surface area (Å²) in [6, 6.07) is 6.21. The Morgan fingerprint density at radius 1 is 1.25 bits per heavy atom. The summed E-state index contributed by atoms with van der Waals surface area (Å²) in [7, 11) is 0. The molecule has 0 atom stereocenters. The van der Waals surface area contributed by atoms with Gasteiger partial charge < -0.3 is 14.6 Å². The Morgan fingerprint density at radius 2 is 2.10 bits per heavy atom. The number of ether oxygens (including phenoxy) is 1. The number of benzene rings is 1. The van der Waals surface area contributed by atoms with Crippen LogP contribution in [-0.4, -0.2) is 29.2 Å². The molecule has 0 bridgehead atoms. The van der Waals surface area contributed by atoms with Gasteiger partial charge in [0, 0.05) is 25.6 Å². The normalized spacial score (nSPS) is 11.2. The standard InChI is InChI=1S/C16H25N3O/c1-4-11-20-13-7-8-15-14(12-13)18-16(19(15)6-3)9-10-17-5-2/h7-8,12,17H,4-6,9-11H2,1-3H3. The highest BCUT2D eigenvalue weighted by Gasteiger charge is 2.10. The quantitative estimate of drug-likeness (QED) is 0.753. The largest absolute Gasteiger partial charge is 0.494 e. The molecule has 0 fully saturated rings. The van der Waals surface area contributed by atoms with E-state index in [0.29, 0.717) is 0 Å². The molecule has 2 rings (SSSR count). The summed E-state index contributed by atoms with van der Waals surface area (Å²) >= 11 is 0. The van der Waals surface area contributed by atoms with Crippen molar-refractivity contribution in [3.63, 3.8) is 0 Å². The van der Waals surface area contributed by atoms with Gasteiger partial charge in [0.1, 0.15) is 11.6 Å². The number of likely N-dealkylation sites (N-methyl/N-ethyl adjacent to an activating group) is 1. The van der Waals surface area contributed by atoms with Gasteiger partial charge in [-0.25, -0.2) is 4.98 Å². The molecule has 1 aromatic carbocycles. The van der Waals surface area contributed by atoms with E-state index >= 15 is 0 Å². The Labute approximate surface area is 121 Å². The zero-order valence-electron chi connectivity index (χ0n) is 12.8. The van der Waals surface area contributed by atoms with Gasteiger partial charge in [-0.05, 0) is 32.0 Å². The molecule has 4 heteroatoms. The van der Waals surface area contributed by atoms with Crippen LogP contribution in [0.25, 0.3) is 11.0 Å². The van der Waals surface area contributed by atoms with Crippen molar-refractivity contribution in [1.29, 1.82) is 0 Å². The van der Waals surface area contributed by atoms with Gasteiger partial charge in [0.15, 0.2) is 0 Å². The number of hydrogen-bond donors (Lipinski definition) is 1. The van der Waals surface area contributed by atoms with E-state index in [9.17, 15) is 0 Å². The second-order valence-corrected chi connectivity index (χ2v) is 4.87. The number of imidazole rings is 1. The fourth-order valence-electron chi connectivity index (χ4n) is 2.39. The molecule has 4 nitrogen and oxygen atoms in total. The molecule has 0 radical (unpaired) electrons. The molecule has 0 saturated heterocycles. The minimum Gasteiger partial charge on any atom is -0.494 e. The summed E-state index contributed by atoms with van der Waals surface area (Å²) in [6.45, 7) is 10.1. The topological polar surface area (TPSA) is 39.1 Å². The van der Waals surface area contributed by atoms with Crippen LogP contribution >= 0.6 is 0 Å². The molecule has 1 N–H and O–H groups in total. The van der Waals surface area contributed by atoms with Crippen LogP contribution in [-0.2, 0) is 13.0 Å². The zero-order chi connectivity index (χ0) is 14.4. The summed E-state index contributed by atoms with van der Waals surface area (Å²) in [6.07, 6.45) is 1.98. The predicted molar refractivity (Wildman–Crippen MR) is 83.4 cm³/mol. The van der Waals surface area contributed by atoms with Crippen molar-refractivity contribution in [2.75, 3.05) is 19.7 Å². The van der Waals surface area contributed by atoms with Crippen LogP contribution in [0.4, 0.5) is 0 Å². The van der Waals surface area contributed by atoms with Crippen LogP contribution in [0.2, 0.25) is 0 Å². The second kappa shape index (κ2) is 7.29. The number of aryl methyl sites for hydroxylation is 1. The summed E-state index contributed by atoms with van der Waals surface area (Å²) in [4.78, 5) is 4.77. The molecule has 0 aliphatic carbocycles. The van der Waals surface area contributed by atoms with Gasteiger partial charge in [0.2, 0.25) is 0 Å². The maximum absolute atomic E-state index is 5.68. The molecular weight excluding hydrogens is 250 g/mol. The molecule has 2 aromatic rings. The first-order valence-corrected chi connectivity index (χ1v) is 7.62. The first-order valence-electron chi connectivity index (χ1n) is 7.62. The van der Waals surface area contributed by atoms with Crippen molar-refractivity contribution in [2.24, 2.45) is 0 Å². The van der Waals surface area contributed by atoms with Gasteiger partial charge in [0.05, 0.1) is 17.6 Å². The van der Waals surface area contributed by atoms with E-state index in [4.69, 9.17) is 9.72 Å². The first-order chi connectivity index (χ1) is 9.80. The third kappa shape index (κ3) is 3.31. The van der Waals surface area contributed by atoms with E-state index < -0.39 is 0 Å². The number of rotatable bonds is 8. The maximum Gasteiger partial charge on any atom is 0.121 e. The Balaban J connectivity index is 2.24. The fourth-order valence-corrected chi connectivity index (χ4v) is 2.39. The van der Waals surface area contributed by atoms with E-state index in [0.717, 1.165) is 56.2 Å². The van der Waals surface area contributed by atoms with Crippen molar-refractivity contribution in [1.82, 2.24) is 14.9 Å². The Morgan fingerprint density at radius 3 is 2.80 bits per heavy atom. The Kier molecular flexibility index (Phi) is 5.41. The van der Waals surface area contributed by atoms with Crippen LogP contribution < -0.4 is 10.1 Å². The van der Waals surface area contributed by atoms with E-state index in [-0.39, 0.29) is 0 Å². The fraction of sp³-hybridized carbons (Fsp3) is 0.562. The Bertz CT molecular complexity index is 548. The summed E-state index contributed by atoms with van der Waals surface area (Å²) in [5.74, 6) is 2.06. The first kappa shape index (κ1) is 14.9. The van der Waals surface area contributed by atoms with Gasteiger partial charge in [0.25, 0.3) is 0 Å². The average Bonchev–Trinajstić information content (AvgIpc) is 2.82. The molecule has 20 heavy (non-hydrogen) atoms. The highest BCUT2D eigenvalue weighted by atomic mass is 16.5. The van der Waals surface area contributed by atoms with Gasteiger partial charge in [-0.3, -0.25) is 0 Å². The molecular formula is C16H25N3O. The number of aromatic nitrogens is 2. The van der Waals surface area contributed by atoms with Crippen LogP contribution in [0.5, 0.6) is 5.75 Å². The third-order valence-corrected chi connectivity index (χ3v) is 3.36. The van der Waals surface area contributed by atoms with Crippen molar-refractivity contribution in [3.8, 4) is 5.75 Å². The third-order valence-electron chi connectivity index (χ3n) is 3.36. The van der Waals surface area contributed by atoms with E-state index in [2.05, 4.69) is 36.7 Å². The highest BCUT2D eigenvalue weighted by molar-refractivity contribution is 5.77. The zero-order valence-corrected chi connectivity index (χ0v) is 12.8. The monoisotopic (exact) mass is 275 g/mol. The maximum atomic E-state index is 5.68. The number of nitrogens with one attached hydrogen (secondary N) is 1. The van der Waals surface area contributed by atoms with Crippen molar-refractivity contribution >= 4 is 11.0 Å². The lowest BCUT2D eigenvalue weighted by Gasteiger charge is -2.07. The minimum absolute atomic E-state index is 0.757. The summed E-state index contributed by atoms with van der Waals surface area (Å²) in [5, 5.41) is 3.35. The number of nitrogens with zero attached hydrogens (tertiary/aromatic N) is 2. The van der Waals surface area contributed by atoms with Gasteiger partial charge in [-0.2, -0.15) is 0 Å². The van der Waals surface area contributed by atoms with Crippen molar-refractivity contribution < 1.29 is 4.74 Å². The van der Waals surface area contributed by atoms with Crippen molar-refractivity contribution in [2.45, 2.75) is 40.2 Å². The van der Waals surface area contributed by atoms with E-state index in [1.165, 1.54) is 5.52 Å². The van der Waals surface area contributed by atoms with Gasteiger partial charge >= 0.3 is 0 Å².